The third kappa shape index (κ3) is 13.7. The van der Waals surface area contributed by atoms with E-state index in [0.29, 0.717) is 37.3 Å². The number of rotatable bonds is 24. The van der Waals surface area contributed by atoms with E-state index in [4.69, 9.17) is 41.9 Å². The van der Waals surface area contributed by atoms with Gasteiger partial charge in [0.1, 0.15) is 17.6 Å². The number of unbranched alkanes of at least 4 members (excludes halogenated alkanes) is 3. The number of nitrogens with zero attached hydrogens (tertiary/aromatic N) is 7. The maximum Gasteiger partial charge on any atom is 0.329 e. The Hall–Kier alpha value is -4.90. The Labute approximate surface area is 320 Å². The highest BCUT2D eigenvalue weighted by Gasteiger charge is 2.30. The first-order valence-electron chi connectivity index (χ1n) is 17.5. The van der Waals surface area contributed by atoms with Gasteiger partial charge in [-0.05, 0) is 54.0 Å². The number of aryl methyl sites for hydroxylation is 1. The standard InChI is InChI=1S/C34H44ClN9O11/c1-2-3-12-28-37-31(35)30(42(28)22-23-13-15-24(16-14-23)25-10-4-5-11-26(25)32-38-40-41-39-32)33(46)36-27(34(47)53-18-7-9-20-55-44(50)51)21-29(45)52-17-6-8-19-54-43(48)49/h4-5,10-11,13-16,27,48-51H,2-3,6-9,12,17-22H2,1H3,(H,36,46)(H,38,39,40,41). The summed E-state index contributed by atoms with van der Waals surface area (Å²) in [4.78, 5) is 53.4. The van der Waals surface area contributed by atoms with Crippen LogP contribution in [-0.4, -0.2) is 112 Å². The van der Waals surface area contributed by atoms with Crippen molar-refractivity contribution in [1.82, 2.24) is 46.3 Å². The number of carbonyl (C=O) groups excluding carboxylic acids is 3. The average Bonchev–Trinajstić information content (AvgIpc) is 3.81. The van der Waals surface area contributed by atoms with Crippen LogP contribution in [0.2, 0.25) is 5.15 Å². The van der Waals surface area contributed by atoms with E-state index < -0.39 is 41.1 Å². The van der Waals surface area contributed by atoms with Crippen LogP contribution in [0.5, 0.6) is 0 Å². The Morgan fingerprint density at radius 3 is 2.13 bits per heavy atom. The molecular weight excluding hydrogens is 746 g/mol. The predicted molar refractivity (Wildman–Crippen MR) is 189 cm³/mol. The monoisotopic (exact) mass is 789 g/mol. The number of amides is 1. The molecule has 0 aliphatic carbocycles. The largest absolute Gasteiger partial charge is 0.466 e. The molecule has 0 aliphatic rings. The molecule has 2 aromatic carbocycles. The molecule has 0 saturated heterocycles. The normalized spacial score (nSPS) is 11.9. The lowest BCUT2D eigenvalue weighted by atomic mass is 9.98. The zero-order valence-electron chi connectivity index (χ0n) is 30.0. The van der Waals surface area contributed by atoms with Crippen LogP contribution < -0.4 is 5.32 Å². The Balaban J connectivity index is 1.51. The zero-order chi connectivity index (χ0) is 39.6. The van der Waals surface area contributed by atoms with Crippen molar-refractivity contribution in [3.8, 4) is 22.5 Å². The molecule has 298 valence electrons. The summed E-state index contributed by atoms with van der Waals surface area (Å²) in [6.07, 6.45) is 2.76. The highest BCUT2D eigenvalue weighted by atomic mass is 35.5. The van der Waals surface area contributed by atoms with Gasteiger partial charge in [0.05, 0.1) is 43.6 Å². The Bertz CT molecular complexity index is 1790. The van der Waals surface area contributed by atoms with Gasteiger partial charge in [0.25, 0.3) is 5.91 Å². The van der Waals surface area contributed by atoms with Crippen LogP contribution in [-0.2, 0) is 41.7 Å². The van der Waals surface area contributed by atoms with E-state index in [0.717, 1.165) is 35.1 Å². The van der Waals surface area contributed by atoms with Crippen LogP contribution in [0, 0.1) is 0 Å². The molecule has 55 heavy (non-hydrogen) atoms. The third-order valence-electron chi connectivity index (χ3n) is 8.05. The Morgan fingerprint density at radius 1 is 0.873 bits per heavy atom. The second-order valence-corrected chi connectivity index (χ2v) is 12.4. The Kier molecular flexibility index (Phi) is 17.5. The van der Waals surface area contributed by atoms with Gasteiger partial charge < -0.3 is 19.4 Å². The molecule has 0 saturated carbocycles. The average molecular weight is 790 g/mol. The van der Waals surface area contributed by atoms with Crippen LogP contribution in [0.3, 0.4) is 0 Å². The van der Waals surface area contributed by atoms with Crippen molar-refractivity contribution in [1.29, 1.82) is 0 Å². The van der Waals surface area contributed by atoms with E-state index >= 15 is 0 Å². The summed E-state index contributed by atoms with van der Waals surface area (Å²) in [6, 6.07) is 13.9. The van der Waals surface area contributed by atoms with Gasteiger partial charge in [0, 0.05) is 18.5 Å². The van der Waals surface area contributed by atoms with Crippen LogP contribution in [0.1, 0.15) is 73.7 Å². The molecule has 20 nitrogen and oxygen atoms in total. The molecule has 21 heteroatoms. The SMILES string of the molecule is CCCCc1nc(Cl)c(C(=O)NC(CC(=O)OCCCCON(O)O)C(=O)OCCCCON(O)O)n1Cc1ccc(-c2ccccc2-c2nn[nH]n2)cc1. The van der Waals surface area contributed by atoms with Crippen LogP contribution >= 0.6 is 11.6 Å². The molecule has 0 aliphatic heterocycles. The van der Waals surface area contributed by atoms with Crippen molar-refractivity contribution in [2.75, 3.05) is 26.4 Å². The minimum absolute atomic E-state index is 0.0120. The van der Waals surface area contributed by atoms with Crippen molar-refractivity contribution < 1.29 is 54.4 Å². The van der Waals surface area contributed by atoms with Gasteiger partial charge >= 0.3 is 11.9 Å². The van der Waals surface area contributed by atoms with E-state index in [1.165, 1.54) is 0 Å². The molecular formula is C34H44ClN9O11. The summed E-state index contributed by atoms with van der Waals surface area (Å²) in [5.74, 6) is -1.48. The molecule has 4 rings (SSSR count). The number of hydrogen-bond donors (Lipinski definition) is 6. The number of H-pyrrole nitrogens is 1. The fourth-order valence-electron chi connectivity index (χ4n) is 5.36. The molecule has 1 amide bonds. The van der Waals surface area contributed by atoms with E-state index in [2.05, 4.69) is 40.6 Å². The number of benzene rings is 2. The van der Waals surface area contributed by atoms with Crippen molar-refractivity contribution in [3.05, 3.63) is 70.8 Å². The van der Waals surface area contributed by atoms with E-state index in [9.17, 15) is 14.4 Å². The third-order valence-corrected chi connectivity index (χ3v) is 8.31. The zero-order valence-corrected chi connectivity index (χ0v) is 30.8. The van der Waals surface area contributed by atoms with E-state index in [-0.39, 0.29) is 50.2 Å². The molecule has 2 aromatic heterocycles. The first-order valence-corrected chi connectivity index (χ1v) is 17.9. The number of carbonyl (C=O) groups is 3. The van der Waals surface area contributed by atoms with Crippen molar-refractivity contribution >= 4 is 29.4 Å². The lowest BCUT2D eigenvalue weighted by Gasteiger charge is -2.19. The van der Waals surface area contributed by atoms with Crippen LogP contribution in [0.4, 0.5) is 0 Å². The highest BCUT2D eigenvalue weighted by Crippen LogP contribution is 2.30. The number of aromatic nitrogens is 6. The minimum Gasteiger partial charge on any atom is -0.466 e. The Morgan fingerprint density at radius 2 is 1.51 bits per heavy atom. The number of hydrogen-bond acceptors (Lipinski definition) is 17. The van der Waals surface area contributed by atoms with Gasteiger partial charge in [0.15, 0.2) is 5.15 Å². The number of nitrogens with one attached hydrogen (secondary N) is 2. The lowest BCUT2D eigenvalue weighted by molar-refractivity contribution is -0.492. The summed E-state index contributed by atoms with van der Waals surface area (Å²) >= 11 is 6.60. The summed E-state index contributed by atoms with van der Waals surface area (Å²) in [7, 11) is 0. The summed E-state index contributed by atoms with van der Waals surface area (Å²) in [5.41, 5.74) is 3.40. The molecule has 1 atom stereocenters. The number of halogens is 1. The summed E-state index contributed by atoms with van der Waals surface area (Å²) in [6.45, 7) is 1.92. The van der Waals surface area contributed by atoms with Crippen LogP contribution in [0.25, 0.3) is 22.5 Å². The number of imidazole rings is 1. The smallest absolute Gasteiger partial charge is 0.329 e. The molecule has 1 unspecified atom stereocenters. The van der Waals surface area contributed by atoms with Gasteiger partial charge in [-0.1, -0.05) is 73.5 Å². The molecule has 2 heterocycles. The molecule has 6 N–H and O–H groups in total. The number of ether oxygens (including phenoxy) is 2. The minimum atomic E-state index is -1.47. The molecule has 0 fully saturated rings. The van der Waals surface area contributed by atoms with Gasteiger partial charge in [-0.15, -0.1) is 10.2 Å². The number of tetrazole rings is 1. The first kappa shape index (κ1) is 42.8. The summed E-state index contributed by atoms with van der Waals surface area (Å²) < 4.78 is 12.2. The van der Waals surface area contributed by atoms with E-state index in [1.54, 1.807) is 4.57 Å². The number of esters is 2. The van der Waals surface area contributed by atoms with Gasteiger partial charge in [0.2, 0.25) is 5.82 Å². The molecule has 0 bridgehead atoms. The van der Waals surface area contributed by atoms with Crippen molar-refractivity contribution in [3.63, 3.8) is 0 Å². The van der Waals surface area contributed by atoms with Crippen molar-refractivity contribution in [2.24, 2.45) is 0 Å². The quantitative estimate of drug-likeness (QED) is 0.0334. The van der Waals surface area contributed by atoms with Gasteiger partial charge in [-0.2, -0.15) is 5.21 Å². The highest BCUT2D eigenvalue weighted by molar-refractivity contribution is 6.32. The maximum atomic E-state index is 14.0. The van der Waals surface area contributed by atoms with Gasteiger partial charge in [-0.25, -0.2) is 9.78 Å². The van der Waals surface area contributed by atoms with E-state index in [1.807, 2.05) is 55.5 Å². The second kappa shape index (κ2) is 22.5. The fraction of sp³-hybridized carbons (Fsp3) is 0.441. The molecule has 0 spiro atoms. The second-order valence-electron chi connectivity index (χ2n) is 12.0. The maximum absolute atomic E-state index is 14.0. The van der Waals surface area contributed by atoms with Gasteiger partial charge in [-0.3, -0.25) is 40.1 Å². The molecule has 0 radical (unpaired) electrons. The first-order chi connectivity index (χ1) is 26.6. The topological polar surface area (TPSA) is 260 Å². The molecule has 4 aromatic rings. The number of aromatic amines is 1. The predicted octanol–water partition coefficient (Wildman–Crippen LogP) is 3.93. The van der Waals surface area contributed by atoms with Crippen LogP contribution in [0.15, 0.2) is 48.5 Å². The summed E-state index contributed by atoms with van der Waals surface area (Å²) in [5, 5.41) is 50.6. The van der Waals surface area contributed by atoms with Crippen molar-refractivity contribution in [2.45, 2.75) is 70.9 Å². The lowest BCUT2D eigenvalue weighted by Crippen LogP contribution is -2.44. The fourth-order valence-corrected chi connectivity index (χ4v) is 5.65.